The van der Waals surface area contributed by atoms with E-state index in [4.69, 9.17) is 9.47 Å². The smallest absolute Gasteiger partial charge is 0.307 e. The Bertz CT molecular complexity index is 363. The number of rotatable bonds is 10. The summed E-state index contributed by atoms with van der Waals surface area (Å²) in [5.74, 6) is 0.307. The fraction of sp³-hybridized carbons (Fsp3) is 0.882. The van der Waals surface area contributed by atoms with E-state index in [1.165, 1.54) is 0 Å². The Kier molecular flexibility index (Phi) is 9.87. The lowest BCUT2D eigenvalue weighted by Gasteiger charge is -2.35. The van der Waals surface area contributed by atoms with Gasteiger partial charge in [0.2, 0.25) is 0 Å². The van der Waals surface area contributed by atoms with Gasteiger partial charge in [-0.2, -0.15) is 0 Å². The maximum Gasteiger partial charge on any atom is 0.307 e. The van der Waals surface area contributed by atoms with Crippen molar-refractivity contribution in [3.8, 4) is 0 Å². The van der Waals surface area contributed by atoms with Gasteiger partial charge in [0.1, 0.15) is 0 Å². The van der Waals surface area contributed by atoms with E-state index < -0.39 is 0 Å². The molecule has 0 spiro atoms. The lowest BCUT2D eigenvalue weighted by Crippen LogP contribution is -2.47. The van der Waals surface area contributed by atoms with E-state index >= 15 is 0 Å². The maximum absolute atomic E-state index is 11.4. The monoisotopic (exact) mass is 328 g/mol. The van der Waals surface area contributed by atoms with Crippen LogP contribution in [0.1, 0.15) is 52.9 Å². The van der Waals surface area contributed by atoms with E-state index in [2.05, 4.69) is 17.6 Å². The summed E-state index contributed by atoms with van der Waals surface area (Å²) in [5, 5.41) is 6.93. The number of hydrogen-bond donors (Lipinski definition) is 2. The summed E-state index contributed by atoms with van der Waals surface area (Å²) in [6.07, 6.45) is 4.12. The lowest BCUT2D eigenvalue weighted by atomic mass is 9.82. The second-order valence-corrected chi connectivity index (χ2v) is 6.11. The molecule has 23 heavy (non-hydrogen) atoms. The Morgan fingerprint density at radius 1 is 0.957 bits per heavy atom. The molecule has 3 atom stereocenters. The molecule has 6 heteroatoms. The van der Waals surface area contributed by atoms with Gasteiger partial charge in [-0.05, 0) is 39.0 Å². The van der Waals surface area contributed by atoms with Crippen LogP contribution in [-0.4, -0.2) is 50.3 Å². The molecule has 0 aromatic carbocycles. The normalized spacial score (nSPS) is 24.2. The molecule has 134 valence electrons. The molecule has 1 saturated carbocycles. The molecule has 0 aliphatic heterocycles. The summed E-state index contributed by atoms with van der Waals surface area (Å²) in [7, 11) is 0. The molecular formula is C17H32N2O4. The largest absolute Gasteiger partial charge is 0.466 e. The molecule has 1 aliphatic rings. The Hall–Kier alpha value is -1.14. The maximum atomic E-state index is 11.4. The molecule has 0 saturated heterocycles. The van der Waals surface area contributed by atoms with Crippen LogP contribution in [0, 0.1) is 5.92 Å². The third-order valence-electron chi connectivity index (χ3n) is 4.30. The number of hydrogen-bond acceptors (Lipinski definition) is 6. The van der Waals surface area contributed by atoms with Crippen molar-refractivity contribution in [2.75, 3.05) is 26.3 Å². The molecule has 1 rings (SSSR count). The van der Waals surface area contributed by atoms with Crippen molar-refractivity contribution in [1.29, 1.82) is 0 Å². The van der Waals surface area contributed by atoms with E-state index in [0.717, 1.165) is 19.3 Å². The standard InChI is InChI=1S/C17H32N2O4/c1-4-22-16(20)8-10-18-14-7-6-13(3)15(12-14)19-11-9-17(21)23-5-2/h13-15,18-19H,4-12H2,1-3H3. The highest BCUT2D eigenvalue weighted by Gasteiger charge is 2.27. The van der Waals surface area contributed by atoms with Crippen LogP contribution in [0.15, 0.2) is 0 Å². The Morgan fingerprint density at radius 3 is 2.09 bits per heavy atom. The molecule has 0 radical (unpaired) electrons. The highest BCUT2D eigenvalue weighted by atomic mass is 16.5. The fourth-order valence-electron chi connectivity index (χ4n) is 3.00. The summed E-state index contributed by atoms with van der Waals surface area (Å²) in [6.45, 7) is 8.08. The van der Waals surface area contributed by atoms with Gasteiger partial charge in [0.05, 0.1) is 26.1 Å². The summed E-state index contributed by atoms with van der Waals surface area (Å²) in [5.41, 5.74) is 0. The Labute approximate surface area is 139 Å². The molecule has 6 nitrogen and oxygen atoms in total. The van der Waals surface area contributed by atoms with Crippen LogP contribution in [0.2, 0.25) is 0 Å². The average Bonchev–Trinajstić information content (AvgIpc) is 2.51. The van der Waals surface area contributed by atoms with Crippen LogP contribution >= 0.6 is 0 Å². The van der Waals surface area contributed by atoms with Crippen LogP contribution in [0.3, 0.4) is 0 Å². The third-order valence-corrected chi connectivity index (χ3v) is 4.30. The topological polar surface area (TPSA) is 76.7 Å². The SMILES string of the molecule is CCOC(=O)CCNC1CCC(C)C(NCCC(=O)OCC)C1. The first-order valence-electron chi connectivity index (χ1n) is 8.84. The quantitative estimate of drug-likeness (QED) is 0.594. The first-order valence-corrected chi connectivity index (χ1v) is 8.84. The van der Waals surface area contributed by atoms with Crippen LogP contribution in [0.5, 0.6) is 0 Å². The summed E-state index contributed by atoms with van der Waals surface area (Å²) < 4.78 is 9.87. The Balaban J connectivity index is 2.23. The van der Waals surface area contributed by atoms with E-state index in [1.807, 2.05) is 13.8 Å². The van der Waals surface area contributed by atoms with Crippen molar-refractivity contribution in [1.82, 2.24) is 10.6 Å². The van der Waals surface area contributed by atoms with Crippen molar-refractivity contribution >= 4 is 11.9 Å². The zero-order chi connectivity index (χ0) is 17.1. The van der Waals surface area contributed by atoms with Crippen LogP contribution in [0.25, 0.3) is 0 Å². The third kappa shape index (κ3) is 8.32. The number of nitrogens with one attached hydrogen (secondary N) is 2. The molecule has 0 bridgehead atoms. The number of esters is 2. The minimum absolute atomic E-state index is 0.145. The van der Waals surface area contributed by atoms with Crippen LogP contribution in [0.4, 0.5) is 0 Å². The first kappa shape index (κ1) is 19.9. The molecule has 0 aromatic heterocycles. The van der Waals surface area contributed by atoms with Crippen molar-refractivity contribution < 1.29 is 19.1 Å². The number of carbonyl (C=O) groups excluding carboxylic acids is 2. The molecule has 1 fully saturated rings. The number of carbonyl (C=O) groups is 2. The highest BCUT2D eigenvalue weighted by molar-refractivity contribution is 5.69. The summed E-state index contributed by atoms with van der Waals surface area (Å²) in [4.78, 5) is 22.7. The molecule has 0 amide bonds. The average molecular weight is 328 g/mol. The second-order valence-electron chi connectivity index (χ2n) is 6.11. The first-order chi connectivity index (χ1) is 11.1. The van der Waals surface area contributed by atoms with Crippen molar-refractivity contribution in [3.63, 3.8) is 0 Å². The molecule has 1 aliphatic carbocycles. The van der Waals surface area contributed by atoms with Gasteiger partial charge in [0.25, 0.3) is 0 Å². The van der Waals surface area contributed by atoms with E-state index in [-0.39, 0.29) is 11.9 Å². The van der Waals surface area contributed by atoms with Crippen molar-refractivity contribution in [2.45, 2.75) is 65.0 Å². The zero-order valence-electron chi connectivity index (χ0n) is 14.7. The second kappa shape index (κ2) is 11.4. The van der Waals surface area contributed by atoms with Crippen molar-refractivity contribution in [3.05, 3.63) is 0 Å². The zero-order valence-corrected chi connectivity index (χ0v) is 14.7. The minimum Gasteiger partial charge on any atom is -0.466 e. The minimum atomic E-state index is -0.146. The molecule has 0 heterocycles. The predicted octanol–water partition coefficient (Wildman–Crippen LogP) is 1.63. The highest BCUT2D eigenvalue weighted by Crippen LogP contribution is 2.24. The van der Waals surface area contributed by atoms with Crippen molar-refractivity contribution in [2.24, 2.45) is 5.92 Å². The number of ether oxygens (including phenoxy) is 2. The molecule has 0 aromatic rings. The fourth-order valence-corrected chi connectivity index (χ4v) is 3.00. The Morgan fingerprint density at radius 2 is 1.52 bits per heavy atom. The van der Waals surface area contributed by atoms with Gasteiger partial charge >= 0.3 is 11.9 Å². The van der Waals surface area contributed by atoms with Crippen LogP contribution < -0.4 is 10.6 Å². The molecular weight excluding hydrogens is 296 g/mol. The predicted molar refractivity (Wildman–Crippen MR) is 89.1 cm³/mol. The van der Waals surface area contributed by atoms with E-state index in [0.29, 0.717) is 57.1 Å². The van der Waals surface area contributed by atoms with Gasteiger partial charge in [-0.3, -0.25) is 9.59 Å². The van der Waals surface area contributed by atoms with Gasteiger partial charge in [0.15, 0.2) is 0 Å². The van der Waals surface area contributed by atoms with Gasteiger partial charge < -0.3 is 20.1 Å². The molecule has 3 unspecified atom stereocenters. The van der Waals surface area contributed by atoms with Crippen LogP contribution in [-0.2, 0) is 19.1 Å². The summed E-state index contributed by atoms with van der Waals surface area (Å²) >= 11 is 0. The lowest BCUT2D eigenvalue weighted by molar-refractivity contribution is -0.143. The van der Waals surface area contributed by atoms with E-state index in [1.54, 1.807) is 0 Å². The van der Waals surface area contributed by atoms with Gasteiger partial charge in [-0.1, -0.05) is 6.92 Å². The van der Waals surface area contributed by atoms with E-state index in [9.17, 15) is 9.59 Å². The molecule has 2 N–H and O–H groups in total. The van der Waals surface area contributed by atoms with Gasteiger partial charge in [-0.25, -0.2) is 0 Å². The van der Waals surface area contributed by atoms with Gasteiger partial charge in [-0.15, -0.1) is 0 Å². The van der Waals surface area contributed by atoms with Gasteiger partial charge in [0, 0.05) is 25.2 Å². The summed E-state index contributed by atoms with van der Waals surface area (Å²) in [6, 6.07) is 0.819.